The Balaban J connectivity index is 0.00000576. The van der Waals surface area contributed by atoms with Crippen molar-refractivity contribution < 1.29 is 19.2 Å². The smallest absolute Gasteiger partial charge is 0.272 e. The molecule has 1 aromatic carbocycles. The molecule has 0 saturated heterocycles. The van der Waals surface area contributed by atoms with E-state index in [-0.39, 0.29) is 48.7 Å². The normalized spacial score (nSPS) is 10.5. The van der Waals surface area contributed by atoms with Gasteiger partial charge in [0.1, 0.15) is 17.1 Å². The van der Waals surface area contributed by atoms with Gasteiger partial charge in [-0.3, -0.25) is 24.6 Å². The maximum atomic E-state index is 13.1. The lowest BCUT2D eigenvalue weighted by Crippen LogP contribution is -2.28. The van der Waals surface area contributed by atoms with Gasteiger partial charge in [0.2, 0.25) is 0 Å². The van der Waals surface area contributed by atoms with Crippen molar-refractivity contribution in [1.82, 2.24) is 19.0 Å². The van der Waals surface area contributed by atoms with Crippen molar-refractivity contribution in [3.8, 4) is 0 Å². The summed E-state index contributed by atoms with van der Waals surface area (Å²) in [6.07, 6.45) is 5.08. The second-order valence-electron chi connectivity index (χ2n) is 10.1. The van der Waals surface area contributed by atoms with Crippen LogP contribution in [0.15, 0.2) is 66.0 Å². The number of carbonyl (C=O) groups excluding carboxylic acids is 4. The van der Waals surface area contributed by atoms with E-state index in [4.69, 9.17) is 22.7 Å². The zero-order chi connectivity index (χ0) is 32.7. The zero-order valence-corrected chi connectivity index (χ0v) is 27.7. The van der Waals surface area contributed by atoms with E-state index in [1.807, 2.05) is 12.1 Å². The fourth-order valence-electron chi connectivity index (χ4n) is 4.43. The van der Waals surface area contributed by atoms with Crippen molar-refractivity contribution in [2.45, 2.75) is 11.3 Å². The molecule has 0 spiro atoms. The van der Waals surface area contributed by atoms with Gasteiger partial charge in [-0.1, -0.05) is 0 Å². The summed E-state index contributed by atoms with van der Waals surface area (Å²) in [7, 11) is 5.03. The molecule has 3 aromatic heterocycles. The molecule has 16 heteroatoms. The van der Waals surface area contributed by atoms with Gasteiger partial charge in [-0.25, -0.2) is 0 Å². The first-order valence-corrected chi connectivity index (χ1v) is 15.3. The molecule has 4 amide bonds. The molecule has 3 heterocycles. The number of halogens is 2. The fraction of sp³-hybridized carbons (Fsp3) is 0.233. The lowest BCUT2D eigenvalue weighted by atomic mass is 10.2. The van der Waals surface area contributed by atoms with Gasteiger partial charge in [-0.15, -0.1) is 35.8 Å². The molecule has 0 saturated carbocycles. The first-order chi connectivity index (χ1) is 21.4. The molecule has 0 atom stereocenters. The van der Waals surface area contributed by atoms with E-state index in [1.54, 1.807) is 83.4 Å². The van der Waals surface area contributed by atoms with Crippen LogP contribution in [0.4, 0.5) is 17.1 Å². The van der Waals surface area contributed by atoms with Crippen LogP contribution >= 0.6 is 35.8 Å². The van der Waals surface area contributed by atoms with E-state index in [1.165, 1.54) is 12.1 Å². The molecule has 0 bridgehead atoms. The summed E-state index contributed by atoms with van der Waals surface area (Å²) in [5.41, 5.74) is 7.95. The van der Waals surface area contributed by atoms with Crippen molar-refractivity contribution in [1.29, 1.82) is 5.41 Å². The Hall–Kier alpha value is -4.66. The molecule has 13 nitrogen and oxygen atoms in total. The second-order valence-corrected chi connectivity index (χ2v) is 11.7. The predicted octanol–water partition coefficient (Wildman–Crippen LogP) is 4.27. The molecular weight excluding hydrogens is 653 g/mol. The highest BCUT2D eigenvalue weighted by molar-refractivity contribution is 7.99. The van der Waals surface area contributed by atoms with Gasteiger partial charge in [-0.2, -0.15) is 0 Å². The maximum Gasteiger partial charge on any atom is 0.272 e. The first kappa shape index (κ1) is 35.8. The number of aromatic nitrogens is 3. The standard InChI is InChI=1S/C30H34ClN9O4S.ClH/c1-38-16-20(12-23(38)28(42)34-10-8-26(32)33)36-30(44)25-14-21(17-40(25)3)37-29(43)24-13-19(15-39(24)2)35-27(41)18-4-6-22(7-5-18)45-11-9-31;/h4-7,12-17H,8-11H2,1-3H3,(H3,32,33)(H,34,42)(H,35,41)(H,36,44)(H,37,43);1H. The molecule has 0 unspecified atom stereocenters. The summed E-state index contributed by atoms with van der Waals surface area (Å²) in [6.45, 7) is 0.224. The highest BCUT2D eigenvalue weighted by atomic mass is 35.5. The number of amides is 4. The minimum absolute atomic E-state index is 0. The van der Waals surface area contributed by atoms with Gasteiger partial charge in [0, 0.05) is 74.8 Å². The Labute approximate surface area is 281 Å². The van der Waals surface area contributed by atoms with Crippen LogP contribution in [-0.2, 0) is 21.1 Å². The van der Waals surface area contributed by atoms with E-state index in [0.29, 0.717) is 39.9 Å². The summed E-state index contributed by atoms with van der Waals surface area (Å²) in [5, 5.41) is 18.3. The Morgan fingerprint density at radius 2 is 1.20 bits per heavy atom. The summed E-state index contributed by atoms with van der Waals surface area (Å²) in [5.74, 6) is -0.248. The molecular formula is C30H35Cl2N9O4S. The van der Waals surface area contributed by atoms with Crippen LogP contribution in [0, 0.1) is 5.41 Å². The monoisotopic (exact) mass is 687 g/mol. The van der Waals surface area contributed by atoms with Crippen molar-refractivity contribution in [3.63, 3.8) is 0 Å². The van der Waals surface area contributed by atoms with Crippen LogP contribution in [0.1, 0.15) is 48.2 Å². The number of carbonyl (C=O) groups is 4. The molecule has 0 fully saturated rings. The second kappa shape index (κ2) is 16.1. The molecule has 0 aliphatic rings. The van der Waals surface area contributed by atoms with Gasteiger partial charge >= 0.3 is 0 Å². The number of nitrogens with two attached hydrogens (primary N) is 1. The van der Waals surface area contributed by atoms with Crippen LogP contribution in [0.25, 0.3) is 0 Å². The molecule has 46 heavy (non-hydrogen) atoms. The quantitative estimate of drug-likeness (QED) is 0.0528. The van der Waals surface area contributed by atoms with E-state index < -0.39 is 11.8 Å². The molecule has 4 aromatic rings. The summed E-state index contributed by atoms with van der Waals surface area (Å²) in [6, 6.07) is 11.8. The SMILES string of the molecule is Cl.Cn1cc(NC(=O)c2cc(NC(=O)c3cc(NC(=O)c4ccc(SCCCl)cc4)cn3C)cn2C)cc1C(=O)NCCC(=N)N. The van der Waals surface area contributed by atoms with Crippen molar-refractivity contribution in [2.75, 3.05) is 34.1 Å². The van der Waals surface area contributed by atoms with Crippen LogP contribution in [0.2, 0.25) is 0 Å². The van der Waals surface area contributed by atoms with Gasteiger partial charge in [0.05, 0.1) is 22.9 Å². The molecule has 244 valence electrons. The zero-order valence-electron chi connectivity index (χ0n) is 25.3. The number of alkyl halides is 1. The molecule has 4 rings (SSSR count). The number of benzene rings is 1. The average Bonchev–Trinajstić information content (AvgIpc) is 3.67. The van der Waals surface area contributed by atoms with E-state index in [9.17, 15) is 19.2 Å². The van der Waals surface area contributed by atoms with Gasteiger partial charge in [-0.05, 0) is 42.5 Å². The van der Waals surface area contributed by atoms with E-state index in [0.717, 1.165) is 10.6 Å². The Morgan fingerprint density at radius 3 is 1.63 bits per heavy atom. The third-order valence-electron chi connectivity index (χ3n) is 6.63. The maximum absolute atomic E-state index is 13.1. The number of rotatable bonds is 13. The number of aryl methyl sites for hydroxylation is 3. The third-order valence-corrected chi connectivity index (χ3v) is 8.06. The highest BCUT2D eigenvalue weighted by Crippen LogP contribution is 2.21. The molecule has 0 aliphatic carbocycles. The van der Waals surface area contributed by atoms with Gasteiger partial charge < -0.3 is 40.7 Å². The minimum Gasteiger partial charge on any atom is -0.388 e. The summed E-state index contributed by atoms with van der Waals surface area (Å²) >= 11 is 7.34. The van der Waals surface area contributed by atoms with Crippen LogP contribution in [0.3, 0.4) is 0 Å². The van der Waals surface area contributed by atoms with E-state index in [2.05, 4.69) is 21.3 Å². The average molecular weight is 689 g/mol. The lowest BCUT2D eigenvalue weighted by molar-refractivity contribution is 0.0944. The van der Waals surface area contributed by atoms with Crippen LogP contribution < -0.4 is 27.0 Å². The fourth-order valence-corrected chi connectivity index (χ4v) is 5.30. The first-order valence-electron chi connectivity index (χ1n) is 13.8. The Bertz CT molecular complexity index is 1740. The summed E-state index contributed by atoms with van der Waals surface area (Å²) < 4.78 is 4.74. The largest absolute Gasteiger partial charge is 0.388 e. The van der Waals surface area contributed by atoms with Crippen molar-refractivity contribution in [3.05, 3.63) is 83.7 Å². The number of hydrogen-bond acceptors (Lipinski definition) is 6. The van der Waals surface area contributed by atoms with Crippen LogP contribution in [0.5, 0.6) is 0 Å². The number of amidine groups is 1. The Kier molecular flexibility index (Phi) is 12.5. The van der Waals surface area contributed by atoms with Gasteiger partial charge in [0.25, 0.3) is 23.6 Å². The third kappa shape index (κ3) is 9.19. The lowest BCUT2D eigenvalue weighted by Gasteiger charge is -2.04. The number of anilines is 3. The van der Waals surface area contributed by atoms with E-state index >= 15 is 0 Å². The van der Waals surface area contributed by atoms with Crippen molar-refractivity contribution >= 4 is 82.3 Å². The number of thioether (sulfide) groups is 1. The topological polar surface area (TPSA) is 181 Å². The van der Waals surface area contributed by atoms with Crippen molar-refractivity contribution in [2.24, 2.45) is 26.9 Å². The predicted molar refractivity (Wildman–Crippen MR) is 184 cm³/mol. The number of hydrogen-bond donors (Lipinski definition) is 6. The molecule has 7 N–H and O–H groups in total. The Morgan fingerprint density at radius 1 is 0.761 bits per heavy atom. The molecule has 0 aliphatic heterocycles. The highest BCUT2D eigenvalue weighted by Gasteiger charge is 2.19. The number of nitrogens with zero attached hydrogens (tertiary/aromatic N) is 3. The number of nitrogens with one attached hydrogen (secondary N) is 5. The summed E-state index contributed by atoms with van der Waals surface area (Å²) in [4.78, 5) is 52.4. The van der Waals surface area contributed by atoms with Crippen LogP contribution in [-0.4, -0.2) is 61.3 Å². The minimum atomic E-state index is -0.443. The molecule has 0 radical (unpaired) electrons. The van der Waals surface area contributed by atoms with Gasteiger partial charge in [0.15, 0.2) is 0 Å².